The molecule has 108 valence electrons. The van der Waals surface area contributed by atoms with E-state index in [0.29, 0.717) is 0 Å². The molecule has 23 heavy (non-hydrogen) atoms. The second-order valence-electron chi connectivity index (χ2n) is 5.49. The summed E-state index contributed by atoms with van der Waals surface area (Å²) in [5, 5.41) is 2.18. The number of pyridine rings is 2. The van der Waals surface area contributed by atoms with Crippen molar-refractivity contribution in [3.63, 3.8) is 0 Å². The summed E-state index contributed by atoms with van der Waals surface area (Å²) in [6.07, 6.45) is 3.63. The van der Waals surface area contributed by atoms with Crippen LogP contribution in [0, 0.1) is 0 Å². The Kier molecular flexibility index (Phi) is 2.46. The Morgan fingerprint density at radius 3 is 2.48 bits per heavy atom. The molecule has 0 saturated heterocycles. The summed E-state index contributed by atoms with van der Waals surface area (Å²) in [6.45, 7) is 0. The molecule has 3 aromatic heterocycles. The van der Waals surface area contributed by atoms with Gasteiger partial charge in [-0.15, -0.1) is 0 Å². The Hall–Kier alpha value is -3.27. The van der Waals surface area contributed by atoms with Gasteiger partial charge in [-0.25, -0.2) is 9.97 Å². The molecule has 4 nitrogen and oxygen atoms in total. The number of hydrogen-bond donors (Lipinski definition) is 0. The highest BCUT2D eigenvalue weighted by molar-refractivity contribution is 6.02. The topological polar surface area (TPSA) is 43.6 Å². The van der Waals surface area contributed by atoms with E-state index in [-0.39, 0.29) is 0 Å². The van der Waals surface area contributed by atoms with Gasteiger partial charge in [0.15, 0.2) is 0 Å². The van der Waals surface area contributed by atoms with Crippen LogP contribution >= 0.6 is 0 Å². The monoisotopic (exact) mass is 296 g/mol. The van der Waals surface area contributed by atoms with E-state index in [4.69, 9.17) is 4.98 Å². The molecule has 0 unspecified atom stereocenters. The number of fused-ring (bicyclic) bond motifs is 4. The van der Waals surface area contributed by atoms with Crippen molar-refractivity contribution in [3.05, 3.63) is 73.2 Å². The average molecular weight is 296 g/mol. The summed E-state index contributed by atoms with van der Waals surface area (Å²) < 4.78 is 2.01. The molecule has 3 heterocycles. The van der Waals surface area contributed by atoms with Crippen molar-refractivity contribution < 1.29 is 0 Å². The Bertz CT molecular complexity index is 1170. The van der Waals surface area contributed by atoms with Crippen molar-refractivity contribution in [3.8, 4) is 5.82 Å². The van der Waals surface area contributed by atoms with Crippen LogP contribution < -0.4 is 0 Å². The maximum absolute atomic E-state index is 4.86. The van der Waals surface area contributed by atoms with Crippen molar-refractivity contribution in [1.29, 1.82) is 0 Å². The zero-order valence-corrected chi connectivity index (χ0v) is 12.2. The lowest BCUT2D eigenvalue weighted by Crippen LogP contribution is -1.96. The van der Waals surface area contributed by atoms with E-state index in [0.717, 1.165) is 38.7 Å². The Morgan fingerprint density at radius 1 is 0.696 bits per heavy atom. The van der Waals surface area contributed by atoms with E-state index in [9.17, 15) is 0 Å². The zero-order chi connectivity index (χ0) is 15.2. The van der Waals surface area contributed by atoms with Crippen molar-refractivity contribution >= 4 is 32.8 Å². The third-order valence-corrected chi connectivity index (χ3v) is 4.12. The van der Waals surface area contributed by atoms with E-state index in [1.54, 1.807) is 0 Å². The summed E-state index contributed by atoms with van der Waals surface area (Å²) in [4.78, 5) is 13.8. The first-order valence-electron chi connectivity index (χ1n) is 7.47. The van der Waals surface area contributed by atoms with Crippen LogP contribution in [0.3, 0.4) is 0 Å². The molecule has 0 amide bonds. The molecular weight excluding hydrogens is 284 g/mol. The van der Waals surface area contributed by atoms with Crippen LogP contribution in [-0.2, 0) is 0 Å². The van der Waals surface area contributed by atoms with Crippen LogP contribution in [0.1, 0.15) is 0 Å². The average Bonchev–Trinajstić information content (AvgIpc) is 3.05. The second kappa shape index (κ2) is 4.61. The molecule has 0 saturated carbocycles. The number of benzene rings is 2. The maximum Gasteiger partial charge on any atom is 0.139 e. The molecule has 0 aliphatic heterocycles. The van der Waals surface area contributed by atoms with Crippen LogP contribution in [0.25, 0.3) is 38.7 Å². The molecule has 0 bridgehead atoms. The Morgan fingerprint density at radius 2 is 1.52 bits per heavy atom. The van der Waals surface area contributed by atoms with Crippen LogP contribution in [-0.4, -0.2) is 19.5 Å². The van der Waals surface area contributed by atoms with E-state index in [2.05, 4.69) is 40.3 Å². The van der Waals surface area contributed by atoms with Crippen molar-refractivity contribution in [2.24, 2.45) is 0 Å². The van der Waals surface area contributed by atoms with Crippen molar-refractivity contribution in [2.75, 3.05) is 0 Å². The molecule has 0 fully saturated rings. The minimum atomic E-state index is 0.851. The van der Waals surface area contributed by atoms with Gasteiger partial charge in [-0.05, 0) is 30.3 Å². The van der Waals surface area contributed by atoms with Crippen molar-refractivity contribution in [1.82, 2.24) is 19.5 Å². The highest BCUT2D eigenvalue weighted by Crippen LogP contribution is 2.24. The van der Waals surface area contributed by atoms with Crippen LogP contribution in [0.2, 0.25) is 0 Å². The van der Waals surface area contributed by atoms with E-state index >= 15 is 0 Å². The fourth-order valence-electron chi connectivity index (χ4n) is 2.99. The maximum atomic E-state index is 4.86. The van der Waals surface area contributed by atoms with Crippen molar-refractivity contribution in [2.45, 2.75) is 0 Å². The smallest absolute Gasteiger partial charge is 0.139 e. The number of aromatic nitrogens is 4. The lowest BCUT2D eigenvalue weighted by molar-refractivity contribution is 1.04. The van der Waals surface area contributed by atoms with Crippen LogP contribution in [0.5, 0.6) is 0 Å². The normalized spacial score (nSPS) is 11.5. The van der Waals surface area contributed by atoms with Gasteiger partial charge in [-0.1, -0.05) is 30.3 Å². The first-order valence-corrected chi connectivity index (χ1v) is 7.47. The highest BCUT2D eigenvalue weighted by atomic mass is 15.1. The summed E-state index contributed by atoms with van der Waals surface area (Å²) in [5.74, 6) is 0.851. The number of nitrogens with zero attached hydrogens (tertiary/aromatic N) is 4. The number of para-hydroxylation sites is 2. The van der Waals surface area contributed by atoms with Crippen LogP contribution in [0.4, 0.5) is 0 Å². The van der Waals surface area contributed by atoms with Gasteiger partial charge in [0, 0.05) is 17.0 Å². The Balaban J connectivity index is 1.84. The molecule has 0 aliphatic rings. The molecule has 0 radical (unpaired) electrons. The standard InChI is InChI=1S/C19H12N4/c1-2-6-16-15(5-1)21-12-23(16)17-10-9-14-8-7-13-4-3-11-20-18(13)19(14)22-17/h1-12H. The number of rotatable bonds is 1. The lowest BCUT2D eigenvalue weighted by Gasteiger charge is -2.07. The van der Waals surface area contributed by atoms with E-state index < -0.39 is 0 Å². The van der Waals surface area contributed by atoms with Gasteiger partial charge in [0.25, 0.3) is 0 Å². The summed E-state index contributed by atoms with van der Waals surface area (Å²) >= 11 is 0. The van der Waals surface area contributed by atoms with Gasteiger partial charge < -0.3 is 0 Å². The SMILES string of the molecule is c1cnc2c(c1)ccc1ccc(-n3cnc4ccccc43)nc12. The minimum Gasteiger partial charge on any atom is -0.283 e. The molecular formula is C19H12N4. The molecule has 5 aromatic rings. The third-order valence-electron chi connectivity index (χ3n) is 4.12. The molecule has 2 aromatic carbocycles. The molecule has 5 rings (SSSR count). The number of imidazole rings is 1. The van der Waals surface area contributed by atoms with Gasteiger partial charge in [0.1, 0.15) is 12.1 Å². The molecule has 4 heteroatoms. The highest BCUT2D eigenvalue weighted by Gasteiger charge is 2.08. The largest absolute Gasteiger partial charge is 0.283 e. The summed E-state index contributed by atoms with van der Waals surface area (Å²) in [7, 11) is 0. The lowest BCUT2D eigenvalue weighted by atomic mass is 10.1. The number of hydrogen-bond acceptors (Lipinski definition) is 3. The van der Waals surface area contributed by atoms with Gasteiger partial charge in [-0.3, -0.25) is 9.55 Å². The van der Waals surface area contributed by atoms with Gasteiger partial charge in [0.2, 0.25) is 0 Å². The molecule has 0 aliphatic carbocycles. The summed E-state index contributed by atoms with van der Waals surface area (Å²) in [5.41, 5.74) is 3.85. The zero-order valence-electron chi connectivity index (χ0n) is 12.2. The first-order chi connectivity index (χ1) is 11.4. The van der Waals surface area contributed by atoms with Gasteiger partial charge in [0.05, 0.1) is 22.1 Å². The fraction of sp³-hybridized carbons (Fsp3) is 0. The van der Waals surface area contributed by atoms with E-state index in [1.165, 1.54) is 0 Å². The molecule has 0 N–H and O–H groups in total. The quantitative estimate of drug-likeness (QED) is 0.437. The molecule has 0 spiro atoms. The van der Waals surface area contributed by atoms with Gasteiger partial charge >= 0.3 is 0 Å². The predicted molar refractivity (Wildman–Crippen MR) is 91.7 cm³/mol. The second-order valence-corrected chi connectivity index (χ2v) is 5.49. The third kappa shape index (κ3) is 1.82. The predicted octanol–water partition coefficient (Wildman–Crippen LogP) is 4.12. The summed E-state index contributed by atoms with van der Waals surface area (Å²) in [6, 6.07) is 20.3. The molecule has 0 atom stereocenters. The van der Waals surface area contributed by atoms with Crippen LogP contribution in [0.15, 0.2) is 73.2 Å². The first kappa shape index (κ1) is 12.3. The minimum absolute atomic E-state index is 0.851. The van der Waals surface area contributed by atoms with E-state index in [1.807, 2.05) is 47.4 Å². The van der Waals surface area contributed by atoms with Gasteiger partial charge in [-0.2, -0.15) is 0 Å². The Labute approximate surface area is 132 Å². The fourth-order valence-corrected chi connectivity index (χ4v) is 2.99.